The van der Waals surface area contributed by atoms with Gasteiger partial charge in [0, 0.05) is 59.9 Å². The summed E-state index contributed by atoms with van der Waals surface area (Å²) < 4.78 is 13.1. The molecule has 10 heteroatoms. The molecule has 0 unspecified atom stereocenters. The molecule has 0 radical (unpaired) electrons. The molecule has 0 saturated heterocycles. The molecule has 10 nitrogen and oxygen atoms in total. The van der Waals surface area contributed by atoms with Crippen LogP contribution in [0.2, 0.25) is 0 Å². The number of fused-ring (bicyclic) bond motifs is 3. The quantitative estimate of drug-likeness (QED) is 0.262. The lowest BCUT2D eigenvalue weighted by molar-refractivity contribution is 0.0934. The van der Waals surface area contributed by atoms with Crippen LogP contribution >= 0.6 is 0 Å². The lowest BCUT2D eigenvalue weighted by Crippen LogP contribution is -2.43. The molecule has 0 spiro atoms. The Morgan fingerprint density at radius 1 is 1.13 bits per heavy atom. The molecule has 1 saturated carbocycles. The zero-order valence-corrected chi connectivity index (χ0v) is 22.0. The Morgan fingerprint density at radius 3 is 2.69 bits per heavy atom. The van der Waals surface area contributed by atoms with E-state index in [4.69, 9.17) is 15.2 Å². The van der Waals surface area contributed by atoms with Crippen molar-refractivity contribution in [2.75, 3.05) is 20.3 Å². The Kier molecular flexibility index (Phi) is 6.72. The van der Waals surface area contributed by atoms with Crippen LogP contribution in [0.1, 0.15) is 29.6 Å². The maximum Gasteiger partial charge on any atom is 0.251 e. The molecule has 4 N–H and O–H groups in total. The van der Waals surface area contributed by atoms with E-state index < -0.39 is 0 Å². The van der Waals surface area contributed by atoms with Gasteiger partial charge in [0.2, 0.25) is 0 Å². The minimum Gasteiger partial charge on any atom is -0.489 e. The normalized spacial score (nSPS) is 17.2. The van der Waals surface area contributed by atoms with Crippen LogP contribution in [0.25, 0.3) is 44.3 Å². The third-order valence-corrected chi connectivity index (χ3v) is 7.34. The van der Waals surface area contributed by atoms with E-state index in [0.29, 0.717) is 24.5 Å². The van der Waals surface area contributed by atoms with E-state index in [1.807, 2.05) is 49.8 Å². The topological polar surface area (TPSA) is 133 Å². The Bertz CT molecular complexity index is 1640. The molecular weight excluding hydrogens is 494 g/mol. The van der Waals surface area contributed by atoms with Crippen molar-refractivity contribution in [3.63, 3.8) is 0 Å². The predicted molar refractivity (Wildman–Crippen MR) is 149 cm³/mol. The zero-order chi connectivity index (χ0) is 26.9. The second-order valence-electron chi connectivity index (χ2n) is 9.96. The largest absolute Gasteiger partial charge is 0.489 e. The lowest BCUT2D eigenvalue weighted by Gasteiger charge is -2.17. The molecule has 1 aliphatic carbocycles. The van der Waals surface area contributed by atoms with E-state index in [1.165, 1.54) is 0 Å². The van der Waals surface area contributed by atoms with Crippen LogP contribution in [0.3, 0.4) is 0 Å². The number of hydrogen-bond donors (Lipinski definition) is 3. The highest BCUT2D eigenvalue weighted by Gasteiger charge is 2.26. The number of benzene rings is 1. The van der Waals surface area contributed by atoms with Gasteiger partial charge in [-0.25, -0.2) is 4.98 Å². The average molecular weight is 526 g/mol. The second kappa shape index (κ2) is 10.5. The summed E-state index contributed by atoms with van der Waals surface area (Å²) in [6.45, 7) is 0.826. The maximum atomic E-state index is 12.9. The van der Waals surface area contributed by atoms with Crippen LogP contribution in [0.4, 0.5) is 0 Å². The minimum absolute atomic E-state index is 0.0121. The van der Waals surface area contributed by atoms with E-state index >= 15 is 0 Å². The van der Waals surface area contributed by atoms with Gasteiger partial charge in [-0.15, -0.1) is 0 Å². The van der Waals surface area contributed by atoms with Gasteiger partial charge in [-0.2, -0.15) is 5.10 Å². The molecule has 6 rings (SSSR count). The molecule has 2 atom stereocenters. The summed E-state index contributed by atoms with van der Waals surface area (Å²) in [5.41, 5.74) is 11.9. The first-order valence-electron chi connectivity index (χ1n) is 13.1. The number of carbonyl (C=O) groups is 1. The first-order valence-corrected chi connectivity index (χ1v) is 13.1. The van der Waals surface area contributed by atoms with Gasteiger partial charge in [-0.05, 0) is 43.0 Å². The summed E-state index contributed by atoms with van der Waals surface area (Å²) in [6, 6.07) is 9.65. The third-order valence-electron chi connectivity index (χ3n) is 7.34. The summed E-state index contributed by atoms with van der Waals surface area (Å²) >= 11 is 0. The van der Waals surface area contributed by atoms with Crippen molar-refractivity contribution < 1.29 is 14.3 Å². The standard InChI is InChI=1S/C29H31N7O3/c1-36-16-19(13-33-36)23-12-20-24(14-31-23)34-28-27(20)26(25(15-32-28)39-11-10-38-2)17-6-8-18(9-7-17)29(37)35-22-5-3-4-21(22)30/h6-9,12-16,21-22H,3-5,10-11,30H2,1-2H3,(H,32,34)(H,35,37)/t21-,22-/m0/s1. The van der Waals surface area contributed by atoms with Crippen molar-refractivity contribution in [1.82, 2.24) is 30.0 Å². The number of nitrogens with one attached hydrogen (secondary N) is 2. The van der Waals surface area contributed by atoms with Crippen LogP contribution < -0.4 is 15.8 Å². The second-order valence-corrected chi connectivity index (χ2v) is 9.96. The number of H-pyrrole nitrogens is 1. The summed E-state index contributed by atoms with van der Waals surface area (Å²) in [6.07, 6.45) is 10.2. The van der Waals surface area contributed by atoms with E-state index in [-0.39, 0.29) is 18.0 Å². The fourth-order valence-electron chi connectivity index (χ4n) is 5.29. The zero-order valence-electron chi connectivity index (χ0n) is 22.0. The molecule has 39 heavy (non-hydrogen) atoms. The molecule has 1 aliphatic rings. The molecule has 0 aliphatic heterocycles. The Morgan fingerprint density at radius 2 is 1.97 bits per heavy atom. The highest BCUT2D eigenvalue weighted by Crippen LogP contribution is 2.40. The summed E-state index contributed by atoms with van der Waals surface area (Å²) in [5, 5.41) is 9.27. The van der Waals surface area contributed by atoms with E-state index in [0.717, 1.165) is 63.6 Å². The van der Waals surface area contributed by atoms with Gasteiger partial charge in [0.1, 0.15) is 18.0 Å². The smallest absolute Gasteiger partial charge is 0.251 e. The van der Waals surface area contributed by atoms with Crippen molar-refractivity contribution in [3.8, 4) is 28.1 Å². The van der Waals surface area contributed by atoms with Crippen LogP contribution in [0, 0.1) is 0 Å². The van der Waals surface area contributed by atoms with E-state index in [1.54, 1.807) is 24.2 Å². The SMILES string of the molecule is COCCOc1cnc2[nH]c3cnc(-c4cnn(C)c4)cc3c2c1-c1ccc(C(=O)N[C@H]2CCC[C@@H]2N)cc1. The Balaban J connectivity index is 1.43. The molecule has 200 valence electrons. The highest BCUT2D eigenvalue weighted by molar-refractivity contribution is 6.14. The molecule has 1 amide bonds. The number of nitrogens with zero attached hydrogens (tertiary/aromatic N) is 4. The number of pyridine rings is 2. The van der Waals surface area contributed by atoms with Gasteiger partial charge in [-0.1, -0.05) is 12.1 Å². The number of methoxy groups -OCH3 is 1. The van der Waals surface area contributed by atoms with Gasteiger partial charge in [0.05, 0.1) is 36.4 Å². The number of nitrogens with two attached hydrogens (primary N) is 1. The average Bonchev–Trinajstić information content (AvgIpc) is 3.67. The van der Waals surface area contributed by atoms with Crippen LogP contribution in [-0.2, 0) is 11.8 Å². The number of ether oxygens (including phenoxy) is 2. The van der Waals surface area contributed by atoms with Crippen molar-refractivity contribution in [2.24, 2.45) is 12.8 Å². The lowest BCUT2D eigenvalue weighted by atomic mass is 9.98. The molecular formula is C29H31N7O3. The number of hydrogen-bond acceptors (Lipinski definition) is 7. The minimum atomic E-state index is -0.111. The Labute approximate surface area is 225 Å². The first kappa shape index (κ1) is 25.0. The number of aromatic nitrogens is 5. The first-order chi connectivity index (χ1) is 19.0. The molecule has 4 aromatic heterocycles. The van der Waals surface area contributed by atoms with Crippen LogP contribution in [0.5, 0.6) is 5.75 Å². The van der Waals surface area contributed by atoms with Gasteiger partial charge in [0.15, 0.2) is 0 Å². The maximum absolute atomic E-state index is 12.9. The van der Waals surface area contributed by atoms with Crippen molar-refractivity contribution >= 4 is 27.8 Å². The molecule has 1 fully saturated rings. The third kappa shape index (κ3) is 4.84. The fourth-order valence-corrected chi connectivity index (χ4v) is 5.29. The number of aromatic amines is 1. The van der Waals surface area contributed by atoms with Crippen LogP contribution in [-0.4, -0.2) is 63.0 Å². The van der Waals surface area contributed by atoms with Crippen LogP contribution in [0.15, 0.2) is 55.1 Å². The number of carbonyl (C=O) groups excluding carboxylic acids is 1. The molecule has 1 aromatic carbocycles. The number of rotatable bonds is 8. The van der Waals surface area contributed by atoms with Crippen molar-refractivity contribution in [1.29, 1.82) is 0 Å². The monoisotopic (exact) mass is 525 g/mol. The van der Waals surface area contributed by atoms with Gasteiger partial charge in [-0.3, -0.25) is 14.5 Å². The fraction of sp³-hybridized carbons (Fsp3) is 0.310. The van der Waals surface area contributed by atoms with E-state index in [2.05, 4.69) is 25.4 Å². The van der Waals surface area contributed by atoms with Gasteiger partial charge in [0.25, 0.3) is 5.91 Å². The summed E-state index contributed by atoms with van der Waals surface area (Å²) in [7, 11) is 3.52. The highest BCUT2D eigenvalue weighted by atomic mass is 16.5. The number of aryl methyl sites for hydroxylation is 1. The predicted octanol–water partition coefficient (Wildman–Crippen LogP) is 3.81. The van der Waals surface area contributed by atoms with E-state index in [9.17, 15) is 4.79 Å². The number of amides is 1. The van der Waals surface area contributed by atoms with Crippen molar-refractivity contribution in [2.45, 2.75) is 31.3 Å². The molecule has 0 bridgehead atoms. The summed E-state index contributed by atoms with van der Waals surface area (Å²) in [5.74, 6) is 0.522. The summed E-state index contributed by atoms with van der Waals surface area (Å²) in [4.78, 5) is 25.6. The Hall–Kier alpha value is -4.28. The van der Waals surface area contributed by atoms with Crippen molar-refractivity contribution in [3.05, 3.63) is 60.7 Å². The molecule has 5 aromatic rings. The van der Waals surface area contributed by atoms with Gasteiger partial charge < -0.3 is 25.5 Å². The van der Waals surface area contributed by atoms with Gasteiger partial charge >= 0.3 is 0 Å². The molecule has 4 heterocycles.